The van der Waals surface area contributed by atoms with Gasteiger partial charge in [0.2, 0.25) is 0 Å². The van der Waals surface area contributed by atoms with Crippen LogP contribution >= 0.6 is 11.6 Å². The Morgan fingerprint density at radius 1 is 1.50 bits per heavy atom. The first kappa shape index (κ1) is 14.7. The Bertz CT molecular complexity index is 641. The summed E-state index contributed by atoms with van der Waals surface area (Å²) in [4.78, 5) is 33.8. The number of aliphatic hydroxyl groups is 2. The zero-order valence-electron chi connectivity index (χ0n) is 9.83. The molecule has 110 valence electrons. The molecule has 10 nitrogen and oxygen atoms in total. The average molecular weight is 308 g/mol. The number of hydrogen-bond acceptors (Lipinski definition) is 7. The number of rotatable bonds is 3. The zero-order chi connectivity index (χ0) is 15.0. The summed E-state index contributed by atoms with van der Waals surface area (Å²) >= 11 is 5.81. The number of nitrogens with zero attached hydrogens (tertiary/aromatic N) is 3. The Morgan fingerprint density at radius 3 is 2.65 bits per heavy atom. The van der Waals surface area contributed by atoms with Gasteiger partial charge in [-0.15, -0.1) is 11.6 Å². The van der Waals surface area contributed by atoms with Crippen LogP contribution in [0.2, 0.25) is 0 Å². The predicted molar refractivity (Wildman–Crippen MR) is 64.0 cm³/mol. The van der Waals surface area contributed by atoms with Crippen molar-refractivity contribution in [2.45, 2.75) is 23.8 Å². The van der Waals surface area contributed by atoms with Crippen LogP contribution in [0.4, 0.5) is 0 Å². The van der Waals surface area contributed by atoms with Crippen molar-refractivity contribution >= 4 is 11.6 Å². The van der Waals surface area contributed by atoms with Gasteiger partial charge in [0.15, 0.2) is 11.3 Å². The molecule has 0 aliphatic carbocycles. The average Bonchev–Trinajstić information content (AvgIpc) is 2.66. The molecule has 1 aromatic rings. The van der Waals surface area contributed by atoms with Crippen LogP contribution in [0.1, 0.15) is 6.23 Å². The Morgan fingerprint density at radius 2 is 2.15 bits per heavy atom. The van der Waals surface area contributed by atoms with Gasteiger partial charge in [-0.2, -0.15) is 0 Å². The molecule has 0 aromatic carbocycles. The van der Waals surface area contributed by atoms with E-state index in [0.717, 1.165) is 12.3 Å². The minimum Gasteiger partial charge on any atom is -0.394 e. The van der Waals surface area contributed by atoms with E-state index < -0.39 is 46.7 Å². The molecule has 0 radical (unpaired) electrons. The molecular weight excluding hydrogens is 298 g/mol. The Hall–Kier alpha value is -1.75. The van der Waals surface area contributed by atoms with Gasteiger partial charge >= 0.3 is 11.2 Å². The molecule has 0 saturated carbocycles. The van der Waals surface area contributed by atoms with Crippen molar-refractivity contribution in [2.24, 2.45) is 0 Å². The Labute approximate surface area is 115 Å². The van der Waals surface area contributed by atoms with Gasteiger partial charge < -0.3 is 14.9 Å². The summed E-state index contributed by atoms with van der Waals surface area (Å²) in [6.07, 6.45) is -2.67. The second-order valence-electron chi connectivity index (χ2n) is 4.08. The number of aromatic nitrogens is 2. The van der Waals surface area contributed by atoms with E-state index in [0.29, 0.717) is 4.57 Å². The van der Waals surface area contributed by atoms with Crippen molar-refractivity contribution in [1.82, 2.24) is 9.24 Å². The molecule has 2 rings (SSSR count). The number of ether oxygens (including phenoxy) is 1. The molecule has 4 atom stereocenters. The molecule has 0 spiro atoms. The number of nitro groups is 1. The fraction of sp³-hybridized carbons (Fsp3) is 0.556. The number of hydrogen-bond donors (Lipinski definition) is 2. The van der Waals surface area contributed by atoms with Gasteiger partial charge in [-0.3, -0.25) is 9.36 Å². The summed E-state index contributed by atoms with van der Waals surface area (Å²) in [7, 11) is 0. The maximum absolute atomic E-state index is 11.9. The van der Waals surface area contributed by atoms with E-state index in [-0.39, 0.29) is 4.68 Å². The summed E-state index contributed by atoms with van der Waals surface area (Å²) < 4.78 is 5.63. The van der Waals surface area contributed by atoms with Crippen molar-refractivity contribution in [3.8, 4) is 0 Å². The van der Waals surface area contributed by atoms with Crippen LogP contribution in [-0.2, 0) is 4.74 Å². The fourth-order valence-corrected chi connectivity index (χ4v) is 2.18. The minimum absolute atomic E-state index is 0.217. The summed E-state index contributed by atoms with van der Waals surface area (Å²) in [5, 5.41) is 27.3. The lowest BCUT2D eigenvalue weighted by atomic mass is 10.2. The highest BCUT2D eigenvalue weighted by molar-refractivity contribution is 6.21. The molecule has 2 N–H and O–H groups in total. The molecule has 11 heteroatoms. The van der Waals surface area contributed by atoms with Crippen LogP contribution in [0.3, 0.4) is 0 Å². The van der Waals surface area contributed by atoms with Gasteiger partial charge in [-0.1, -0.05) is 0 Å². The van der Waals surface area contributed by atoms with E-state index in [4.69, 9.17) is 21.4 Å². The molecule has 2 heterocycles. The second-order valence-corrected chi connectivity index (χ2v) is 4.58. The molecule has 1 saturated heterocycles. The van der Waals surface area contributed by atoms with Crippen LogP contribution < -0.4 is 11.2 Å². The SMILES string of the molecule is O=c1ccn([C@@H]2O[C@H](CO)[C@H](Cl)[C@H]2O)c(=O)n1[N+](=O)[O-]. The minimum atomic E-state index is -1.37. The number of alkyl halides is 1. The smallest absolute Gasteiger partial charge is 0.394 e. The topological polar surface area (TPSA) is 137 Å². The van der Waals surface area contributed by atoms with Crippen LogP contribution in [0, 0.1) is 10.1 Å². The summed E-state index contributed by atoms with van der Waals surface area (Å²) in [5.74, 6) is 0. The first-order valence-electron chi connectivity index (χ1n) is 5.45. The van der Waals surface area contributed by atoms with E-state index in [1.165, 1.54) is 0 Å². The third-order valence-corrected chi connectivity index (χ3v) is 3.43. The van der Waals surface area contributed by atoms with Crippen LogP contribution in [0.5, 0.6) is 0 Å². The molecule has 1 fully saturated rings. The van der Waals surface area contributed by atoms with Crippen molar-refractivity contribution in [3.63, 3.8) is 0 Å². The number of aliphatic hydroxyl groups excluding tert-OH is 2. The van der Waals surface area contributed by atoms with E-state index in [1.54, 1.807) is 0 Å². The molecule has 0 unspecified atom stereocenters. The van der Waals surface area contributed by atoms with Crippen molar-refractivity contribution < 1.29 is 20.0 Å². The standard InChI is InChI=1S/C9H10ClN3O7/c10-6-4(3-14)20-8(7(6)16)11-2-1-5(15)12(9(11)17)13(18)19/h1-2,4,6-8,14,16H,3H2/t4-,6+,7-,8-/m1/s1. The highest BCUT2D eigenvalue weighted by Crippen LogP contribution is 2.31. The Balaban J connectivity index is 2.50. The highest BCUT2D eigenvalue weighted by atomic mass is 35.5. The summed E-state index contributed by atoms with van der Waals surface area (Å²) in [6.45, 7) is -0.495. The lowest BCUT2D eigenvalue weighted by Crippen LogP contribution is -2.45. The van der Waals surface area contributed by atoms with E-state index in [2.05, 4.69) is 0 Å². The van der Waals surface area contributed by atoms with E-state index >= 15 is 0 Å². The van der Waals surface area contributed by atoms with Gasteiger partial charge in [-0.25, -0.2) is 14.9 Å². The Kier molecular flexibility index (Phi) is 3.90. The molecule has 20 heavy (non-hydrogen) atoms. The predicted octanol–water partition coefficient (Wildman–Crippen LogP) is -2.09. The van der Waals surface area contributed by atoms with Crippen molar-refractivity contribution in [2.75, 3.05) is 6.61 Å². The third-order valence-electron chi connectivity index (χ3n) is 2.89. The highest BCUT2D eigenvalue weighted by Gasteiger charge is 2.44. The lowest BCUT2D eigenvalue weighted by Gasteiger charge is -2.16. The largest absolute Gasteiger partial charge is 0.394 e. The van der Waals surface area contributed by atoms with Gasteiger partial charge in [0.25, 0.3) is 0 Å². The zero-order valence-corrected chi connectivity index (χ0v) is 10.6. The first-order valence-corrected chi connectivity index (χ1v) is 5.89. The van der Waals surface area contributed by atoms with Gasteiger partial charge in [0.05, 0.1) is 12.0 Å². The van der Waals surface area contributed by atoms with E-state index in [9.17, 15) is 24.8 Å². The van der Waals surface area contributed by atoms with Crippen LogP contribution in [0.25, 0.3) is 0 Å². The summed E-state index contributed by atoms with van der Waals surface area (Å²) in [5.41, 5.74) is -2.40. The van der Waals surface area contributed by atoms with Gasteiger partial charge in [0, 0.05) is 16.9 Å². The molecule has 0 amide bonds. The summed E-state index contributed by atoms with van der Waals surface area (Å²) in [6, 6.07) is 0.787. The fourth-order valence-electron chi connectivity index (χ4n) is 1.91. The molecule has 1 aromatic heterocycles. The molecular formula is C9H10ClN3O7. The van der Waals surface area contributed by atoms with Crippen molar-refractivity contribution in [3.05, 3.63) is 43.2 Å². The molecule has 1 aliphatic rings. The van der Waals surface area contributed by atoms with E-state index in [1.807, 2.05) is 0 Å². The van der Waals surface area contributed by atoms with Gasteiger partial charge in [0.1, 0.15) is 12.2 Å². The normalized spacial score (nSPS) is 29.6. The van der Waals surface area contributed by atoms with Crippen LogP contribution in [0.15, 0.2) is 21.9 Å². The monoisotopic (exact) mass is 307 g/mol. The lowest BCUT2D eigenvalue weighted by molar-refractivity contribution is -0.549. The second kappa shape index (κ2) is 5.32. The maximum atomic E-state index is 11.9. The van der Waals surface area contributed by atoms with Gasteiger partial charge in [-0.05, 0) is 0 Å². The number of halogens is 1. The quantitative estimate of drug-likeness (QED) is 0.371. The third kappa shape index (κ3) is 2.22. The van der Waals surface area contributed by atoms with Crippen molar-refractivity contribution in [1.29, 1.82) is 0 Å². The molecule has 1 aliphatic heterocycles. The first-order chi connectivity index (χ1) is 9.38. The van der Waals surface area contributed by atoms with Crippen LogP contribution in [-0.4, -0.2) is 48.7 Å². The molecule has 0 bridgehead atoms. The maximum Gasteiger partial charge on any atom is 0.394 e.